The van der Waals surface area contributed by atoms with Crippen molar-refractivity contribution in [3.8, 4) is 0 Å². The van der Waals surface area contributed by atoms with Gasteiger partial charge in [-0.25, -0.2) is 8.42 Å². The van der Waals surface area contributed by atoms with Crippen molar-refractivity contribution in [3.63, 3.8) is 0 Å². The van der Waals surface area contributed by atoms with Crippen LogP contribution in [0.25, 0.3) is 0 Å². The van der Waals surface area contributed by atoms with E-state index in [2.05, 4.69) is 5.32 Å². The van der Waals surface area contributed by atoms with E-state index < -0.39 is 10.0 Å². The number of halogens is 2. The molecular formula is C25H26Cl2N2O3S. The van der Waals surface area contributed by atoms with Gasteiger partial charge in [-0.3, -0.25) is 4.79 Å². The van der Waals surface area contributed by atoms with E-state index in [4.69, 9.17) is 23.2 Å². The van der Waals surface area contributed by atoms with Crippen LogP contribution in [-0.2, 0) is 27.8 Å². The van der Waals surface area contributed by atoms with Crippen LogP contribution in [0.15, 0.2) is 83.8 Å². The highest BCUT2D eigenvalue weighted by Gasteiger charge is 2.27. The number of sulfonamides is 1. The molecule has 0 fully saturated rings. The highest BCUT2D eigenvalue weighted by molar-refractivity contribution is 7.89. The lowest BCUT2D eigenvalue weighted by atomic mass is 10.1. The Hall–Kier alpha value is -2.38. The van der Waals surface area contributed by atoms with Crippen LogP contribution in [0, 0.1) is 0 Å². The molecule has 0 aliphatic rings. The quantitative estimate of drug-likeness (QED) is 0.406. The zero-order valence-electron chi connectivity index (χ0n) is 18.2. The summed E-state index contributed by atoms with van der Waals surface area (Å²) >= 11 is 12.0. The summed E-state index contributed by atoms with van der Waals surface area (Å²) in [6.07, 6.45) is 1.56. The van der Waals surface area contributed by atoms with Crippen molar-refractivity contribution in [2.45, 2.75) is 37.2 Å². The van der Waals surface area contributed by atoms with Crippen LogP contribution in [0.4, 0.5) is 0 Å². The highest BCUT2D eigenvalue weighted by Crippen LogP contribution is 2.21. The van der Waals surface area contributed by atoms with Crippen LogP contribution < -0.4 is 5.32 Å². The van der Waals surface area contributed by atoms with Gasteiger partial charge in [0.05, 0.1) is 11.4 Å². The van der Waals surface area contributed by atoms with Crippen molar-refractivity contribution in [1.29, 1.82) is 0 Å². The topological polar surface area (TPSA) is 66.5 Å². The van der Waals surface area contributed by atoms with E-state index in [1.54, 1.807) is 24.3 Å². The molecule has 1 N–H and O–H groups in total. The Balaban J connectivity index is 1.72. The molecule has 0 aromatic heterocycles. The van der Waals surface area contributed by atoms with E-state index in [0.29, 0.717) is 15.6 Å². The number of nitrogens with one attached hydrogen (secondary N) is 1. The van der Waals surface area contributed by atoms with Crippen molar-refractivity contribution in [2.75, 3.05) is 6.54 Å². The van der Waals surface area contributed by atoms with E-state index in [1.807, 2.05) is 37.3 Å². The zero-order valence-corrected chi connectivity index (χ0v) is 20.6. The first-order valence-electron chi connectivity index (χ1n) is 10.6. The number of carbonyl (C=O) groups is 1. The molecule has 0 saturated carbocycles. The molecule has 3 aromatic carbocycles. The molecule has 0 radical (unpaired) electrons. The minimum absolute atomic E-state index is 0.0112. The standard InChI is InChI=1S/C25H26Cl2N2O3S/c1-19(10-11-20-6-3-2-4-7-20)28-25(30)18-29(17-21-8-5-9-23(27)16-21)33(31,32)24-14-12-22(26)13-15-24/h2-9,12-16,19H,10-11,17-18H2,1H3,(H,28,30)/t19-/m0/s1. The number of aryl methyl sites for hydroxylation is 1. The summed E-state index contributed by atoms with van der Waals surface area (Å²) in [5.41, 5.74) is 1.87. The number of hydrogen-bond donors (Lipinski definition) is 1. The molecule has 3 aromatic rings. The van der Waals surface area contributed by atoms with Crippen LogP contribution in [0.5, 0.6) is 0 Å². The molecule has 1 amide bonds. The summed E-state index contributed by atoms with van der Waals surface area (Å²) in [5.74, 6) is -0.366. The second kappa shape index (κ2) is 11.7. The van der Waals surface area contributed by atoms with Crippen molar-refractivity contribution in [2.24, 2.45) is 0 Å². The monoisotopic (exact) mass is 504 g/mol. The molecule has 0 unspecified atom stereocenters. The molecule has 8 heteroatoms. The number of benzene rings is 3. The molecule has 174 valence electrons. The van der Waals surface area contributed by atoms with Gasteiger partial charge in [-0.15, -0.1) is 0 Å². The fourth-order valence-corrected chi connectivity index (χ4v) is 5.12. The normalized spacial score (nSPS) is 12.5. The Morgan fingerprint density at radius 2 is 1.58 bits per heavy atom. The minimum atomic E-state index is -3.94. The predicted octanol–water partition coefficient (Wildman–Crippen LogP) is 5.32. The van der Waals surface area contributed by atoms with E-state index >= 15 is 0 Å². The summed E-state index contributed by atoms with van der Waals surface area (Å²) in [6, 6.07) is 22.7. The molecule has 0 aliphatic carbocycles. The van der Waals surface area contributed by atoms with Gasteiger partial charge in [0.15, 0.2) is 0 Å². The van der Waals surface area contributed by atoms with Crippen LogP contribution in [0.2, 0.25) is 10.0 Å². The molecule has 3 rings (SSSR count). The molecule has 0 aliphatic heterocycles. The average molecular weight is 505 g/mol. The smallest absolute Gasteiger partial charge is 0.243 e. The first kappa shape index (κ1) is 25.2. The highest BCUT2D eigenvalue weighted by atomic mass is 35.5. The van der Waals surface area contributed by atoms with Gasteiger partial charge >= 0.3 is 0 Å². The third-order valence-corrected chi connectivity index (χ3v) is 7.43. The van der Waals surface area contributed by atoms with Gasteiger partial charge in [-0.05, 0) is 67.3 Å². The van der Waals surface area contributed by atoms with Crippen LogP contribution in [0.3, 0.4) is 0 Å². The van der Waals surface area contributed by atoms with E-state index in [0.717, 1.165) is 17.1 Å². The number of carbonyl (C=O) groups excluding carboxylic acids is 1. The SMILES string of the molecule is C[C@@H](CCc1ccccc1)NC(=O)CN(Cc1cccc(Cl)c1)S(=O)(=O)c1ccc(Cl)cc1. The van der Waals surface area contributed by atoms with Crippen molar-refractivity contribution in [1.82, 2.24) is 9.62 Å². The second-order valence-electron chi connectivity index (χ2n) is 7.85. The maximum atomic E-state index is 13.3. The molecule has 0 spiro atoms. The summed E-state index contributed by atoms with van der Waals surface area (Å²) in [6.45, 7) is 1.61. The molecule has 0 bridgehead atoms. The zero-order chi connectivity index (χ0) is 23.8. The summed E-state index contributed by atoms with van der Waals surface area (Å²) in [5, 5.41) is 3.84. The van der Waals surface area contributed by atoms with Crippen molar-refractivity contribution < 1.29 is 13.2 Å². The molecule has 1 atom stereocenters. The third kappa shape index (κ3) is 7.57. The average Bonchev–Trinajstić information content (AvgIpc) is 2.78. The molecule has 0 saturated heterocycles. The van der Waals surface area contributed by atoms with Gasteiger partial charge in [0.2, 0.25) is 15.9 Å². The van der Waals surface area contributed by atoms with Gasteiger partial charge in [-0.2, -0.15) is 4.31 Å². The van der Waals surface area contributed by atoms with E-state index in [1.165, 1.54) is 29.8 Å². The fraction of sp³-hybridized carbons (Fsp3) is 0.240. The number of amides is 1. The lowest BCUT2D eigenvalue weighted by molar-refractivity contribution is -0.122. The molecule has 5 nitrogen and oxygen atoms in total. The lowest BCUT2D eigenvalue weighted by Crippen LogP contribution is -2.43. The Morgan fingerprint density at radius 1 is 0.909 bits per heavy atom. The summed E-state index contributed by atoms with van der Waals surface area (Å²) in [4.78, 5) is 12.9. The molecule has 0 heterocycles. The first-order valence-corrected chi connectivity index (χ1v) is 12.8. The maximum Gasteiger partial charge on any atom is 0.243 e. The van der Waals surface area contributed by atoms with E-state index in [9.17, 15) is 13.2 Å². The third-order valence-electron chi connectivity index (χ3n) is 5.14. The van der Waals surface area contributed by atoms with Gasteiger partial charge in [0.1, 0.15) is 0 Å². The second-order valence-corrected chi connectivity index (χ2v) is 10.7. The Kier molecular flexibility index (Phi) is 8.92. The van der Waals surface area contributed by atoms with Crippen LogP contribution >= 0.6 is 23.2 Å². The molecule has 33 heavy (non-hydrogen) atoms. The minimum Gasteiger partial charge on any atom is -0.352 e. The number of hydrogen-bond acceptors (Lipinski definition) is 3. The van der Waals surface area contributed by atoms with Gasteiger partial charge in [0.25, 0.3) is 0 Å². The molecular weight excluding hydrogens is 479 g/mol. The number of nitrogens with zero attached hydrogens (tertiary/aromatic N) is 1. The largest absolute Gasteiger partial charge is 0.352 e. The fourth-order valence-electron chi connectivity index (χ4n) is 3.40. The predicted molar refractivity (Wildman–Crippen MR) is 133 cm³/mol. The Labute approximate surface area is 205 Å². The first-order chi connectivity index (χ1) is 15.7. The van der Waals surface area contributed by atoms with Crippen molar-refractivity contribution >= 4 is 39.1 Å². The maximum absolute atomic E-state index is 13.3. The number of rotatable bonds is 10. The van der Waals surface area contributed by atoms with Gasteiger partial charge < -0.3 is 5.32 Å². The van der Waals surface area contributed by atoms with Crippen LogP contribution in [-0.4, -0.2) is 31.2 Å². The van der Waals surface area contributed by atoms with Crippen LogP contribution in [0.1, 0.15) is 24.5 Å². The van der Waals surface area contributed by atoms with Crippen molar-refractivity contribution in [3.05, 3.63) is 100 Å². The van der Waals surface area contributed by atoms with Gasteiger partial charge in [0, 0.05) is 22.6 Å². The summed E-state index contributed by atoms with van der Waals surface area (Å²) in [7, 11) is -3.94. The lowest BCUT2D eigenvalue weighted by Gasteiger charge is -2.23. The van der Waals surface area contributed by atoms with Gasteiger partial charge in [-0.1, -0.05) is 65.7 Å². The Morgan fingerprint density at radius 3 is 2.24 bits per heavy atom. The Bertz CT molecular complexity index is 1170. The summed E-state index contributed by atoms with van der Waals surface area (Å²) < 4.78 is 27.8. The van der Waals surface area contributed by atoms with E-state index in [-0.39, 0.29) is 29.9 Å².